The molecule has 3 aromatic rings. The highest BCUT2D eigenvalue weighted by Gasteiger charge is 2.20. The van der Waals surface area contributed by atoms with E-state index in [2.05, 4.69) is 9.82 Å². The highest BCUT2D eigenvalue weighted by molar-refractivity contribution is 7.89. The summed E-state index contributed by atoms with van der Waals surface area (Å²) in [6.07, 6.45) is 4.11. The SMILES string of the molecule is O=S(=O)(NCCc1ccc(-n2cccn2)cc1)c1c(Cl)cccc1Cl. The number of aromatic nitrogens is 2. The van der Waals surface area contributed by atoms with E-state index in [0.717, 1.165) is 11.3 Å². The molecule has 0 aliphatic heterocycles. The molecular formula is C17H15Cl2N3O2S. The maximum atomic E-state index is 12.4. The fraction of sp³-hybridized carbons (Fsp3) is 0.118. The van der Waals surface area contributed by atoms with Crippen LogP contribution in [0.5, 0.6) is 0 Å². The molecule has 1 aromatic heterocycles. The summed E-state index contributed by atoms with van der Waals surface area (Å²) < 4.78 is 29.1. The molecule has 0 spiro atoms. The third-order valence-electron chi connectivity index (χ3n) is 3.60. The fourth-order valence-corrected chi connectivity index (χ4v) is 4.55. The van der Waals surface area contributed by atoms with Crippen molar-refractivity contribution in [2.75, 3.05) is 6.54 Å². The molecule has 0 amide bonds. The van der Waals surface area contributed by atoms with Gasteiger partial charge in [-0.2, -0.15) is 5.10 Å². The summed E-state index contributed by atoms with van der Waals surface area (Å²) >= 11 is 11.9. The fourth-order valence-electron chi connectivity index (χ4n) is 2.38. The molecular weight excluding hydrogens is 381 g/mol. The number of hydrogen-bond donors (Lipinski definition) is 1. The van der Waals surface area contributed by atoms with Gasteiger partial charge in [-0.05, 0) is 42.3 Å². The van der Waals surface area contributed by atoms with E-state index in [1.54, 1.807) is 16.9 Å². The number of nitrogens with one attached hydrogen (secondary N) is 1. The second-order valence-corrected chi connectivity index (χ2v) is 7.83. The molecule has 0 aliphatic carbocycles. The normalized spacial score (nSPS) is 11.6. The molecule has 1 N–H and O–H groups in total. The summed E-state index contributed by atoms with van der Waals surface area (Å²) in [5.41, 5.74) is 1.95. The van der Waals surface area contributed by atoms with E-state index in [4.69, 9.17) is 23.2 Å². The Labute approximate surface area is 156 Å². The van der Waals surface area contributed by atoms with Crippen LogP contribution >= 0.6 is 23.2 Å². The Hall–Kier alpha value is -1.86. The summed E-state index contributed by atoms with van der Waals surface area (Å²) in [5, 5.41) is 4.36. The molecule has 130 valence electrons. The Morgan fingerprint density at radius 2 is 1.68 bits per heavy atom. The number of rotatable bonds is 6. The van der Waals surface area contributed by atoms with Gasteiger partial charge in [0.15, 0.2) is 0 Å². The van der Waals surface area contributed by atoms with E-state index >= 15 is 0 Å². The second-order valence-electron chi connectivity index (χ2n) is 5.32. The van der Waals surface area contributed by atoms with Crippen LogP contribution in [0.2, 0.25) is 10.0 Å². The number of sulfonamides is 1. The molecule has 0 saturated carbocycles. The summed E-state index contributed by atoms with van der Waals surface area (Å²) in [5.74, 6) is 0. The molecule has 3 rings (SSSR count). The Morgan fingerprint density at radius 3 is 2.28 bits per heavy atom. The molecule has 0 bridgehead atoms. The Balaban J connectivity index is 1.64. The summed E-state index contributed by atoms with van der Waals surface area (Å²) in [4.78, 5) is -0.0904. The van der Waals surface area contributed by atoms with Crippen molar-refractivity contribution in [3.63, 3.8) is 0 Å². The zero-order valence-corrected chi connectivity index (χ0v) is 15.4. The second kappa shape index (κ2) is 7.58. The van der Waals surface area contributed by atoms with Gasteiger partial charge in [0.2, 0.25) is 10.0 Å². The smallest absolute Gasteiger partial charge is 0.241 e. The van der Waals surface area contributed by atoms with Crippen molar-refractivity contribution in [1.82, 2.24) is 14.5 Å². The van der Waals surface area contributed by atoms with Crippen LogP contribution in [0, 0.1) is 0 Å². The van der Waals surface area contributed by atoms with Crippen molar-refractivity contribution < 1.29 is 8.42 Å². The lowest BCUT2D eigenvalue weighted by atomic mass is 10.1. The van der Waals surface area contributed by atoms with Crippen LogP contribution < -0.4 is 4.72 Å². The minimum atomic E-state index is -3.76. The van der Waals surface area contributed by atoms with E-state index in [9.17, 15) is 8.42 Å². The van der Waals surface area contributed by atoms with Gasteiger partial charge in [-0.1, -0.05) is 41.4 Å². The molecule has 0 saturated heterocycles. The standard InChI is InChI=1S/C17H15Cl2N3O2S/c18-15-3-1-4-16(19)17(15)25(23,24)21-11-9-13-5-7-14(8-6-13)22-12-2-10-20-22/h1-8,10,12,21H,9,11H2. The average molecular weight is 396 g/mol. The Morgan fingerprint density at radius 1 is 1.00 bits per heavy atom. The van der Waals surface area contributed by atoms with Crippen LogP contribution in [0.4, 0.5) is 0 Å². The van der Waals surface area contributed by atoms with Crippen LogP contribution in [-0.2, 0) is 16.4 Å². The van der Waals surface area contributed by atoms with Gasteiger partial charge in [-0.25, -0.2) is 17.8 Å². The predicted molar refractivity (Wildman–Crippen MR) is 98.9 cm³/mol. The molecule has 1 heterocycles. The first-order valence-electron chi connectivity index (χ1n) is 7.50. The topological polar surface area (TPSA) is 64.0 Å². The van der Waals surface area contributed by atoms with E-state index in [-0.39, 0.29) is 21.5 Å². The third kappa shape index (κ3) is 4.22. The van der Waals surface area contributed by atoms with Gasteiger partial charge in [0.05, 0.1) is 15.7 Å². The molecule has 0 aliphatic rings. The van der Waals surface area contributed by atoms with Crippen LogP contribution in [-0.4, -0.2) is 24.7 Å². The first-order chi connectivity index (χ1) is 12.0. The maximum absolute atomic E-state index is 12.4. The van der Waals surface area contributed by atoms with E-state index in [0.29, 0.717) is 6.42 Å². The predicted octanol–water partition coefficient (Wildman–Crippen LogP) is 3.70. The summed E-state index contributed by atoms with van der Waals surface area (Å²) in [6, 6.07) is 14.2. The summed E-state index contributed by atoms with van der Waals surface area (Å²) in [7, 11) is -3.76. The molecule has 0 fully saturated rings. The maximum Gasteiger partial charge on any atom is 0.243 e. The quantitative estimate of drug-likeness (QED) is 0.691. The molecule has 5 nitrogen and oxygen atoms in total. The lowest BCUT2D eigenvalue weighted by molar-refractivity contribution is 0.582. The molecule has 0 atom stereocenters. The van der Waals surface area contributed by atoms with E-state index in [1.165, 1.54) is 12.1 Å². The minimum absolute atomic E-state index is 0.0904. The molecule has 8 heteroatoms. The van der Waals surface area contributed by atoms with E-state index in [1.807, 2.05) is 36.5 Å². The van der Waals surface area contributed by atoms with E-state index < -0.39 is 10.0 Å². The zero-order valence-electron chi connectivity index (χ0n) is 13.1. The van der Waals surface area contributed by atoms with Crippen molar-refractivity contribution >= 4 is 33.2 Å². The number of nitrogens with zero attached hydrogens (tertiary/aromatic N) is 2. The Bertz CT molecular complexity index is 936. The zero-order chi connectivity index (χ0) is 17.9. The van der Waals surface area contributed by atoms with Gasteiger partial charge >= 0.3 is 0 Å². The monoisotopic (exact) mass is 395 g/mol. The van der Waals surface area contributed by atoms with Gasteiger partial charge < -0.3 is 0 Å². The summed E-state index contributed by atoms with van der Waals surface area (Å²) in [6.45, 7) is 0.241. The molecule has 2 aromatic carbocycles. The molecule has 0 unspecified atom stereocenters. The highest BCUT2D eigenvalue weighted by Crippen LogP contribution is 2.28. The van der Waals surface area contributed by atoms with Crippen LogP contribution in [0.25, 0.3) is 5.69 Å². The third-order valence-corrected chi connectivity index (χ3v) is 6.01. The lowest BCUT2D eigenvalue weighted by Crippen LogP contribution is -2.26. The van der Waals surface area contributed by atoms with Gasteiger partial charge in [0, 0.05) is 18.9 Å². The van der Waals surface area contributed by atoms with Gasteiger partial charge in [0.1, 0.15) is 4.90 Å². The highest BCUT2D eigenvalue weighted by atomic mass is 35.5. The average Bonchev–Trinajstić information content (AvgIpc) is 3.09. The van der Waals surface area contributed by atoms with Gasteiger partial charge in [-0.3, -0.25) is 0 Å². The first-order valence-corrected chi connectivity index (χ1v) is 9.74. The number of hydrogen-bond acceptors (Lipinski definition) is 3. The van der Waals surface area contributed by atoms with Crippen molar-refractivity contribution in [2.24, 2.45) is 0 Å². The molecule has 0 radical (unpaired) electrons. The van der Waals surface area contributed by atoms with Crippen LogP contribution in [0.15, 0.2) is 65.8 Å². The van der Waals surface area contributed by atoms with Crippen molar-refractivity contribution in [3.8, 4) is 5.69 Å². The minimum Gasteiger partial charge on any atom is -0.241 e. The van der Waals surface area contributed by atoms with Crippen molar-refractivity contribution in [2.45, 2.75) is 11.3 Å². The van der Waals surface area contributed by atoms with Crippen LogP contribution in [0.1, 0.15) is 5.56 Å². The number of halogens is 2. The largest absolute Gasteiger partial charge is 0.243 e. The number of benzene rings is 2. The van der Waals surface area contributed by atoms with Gasteiger partial charge in [-0.15, -0.1) is 0 Å². The van der Waals surface area contributed by atoms with Gasteiger partial charge in [0.25, 0.3) is 0 Å². The Kier molecular flexibility index (Phi) is 5.44. The first kappa shape index (κ1) is 17.9. The van der Waals surface area contributed by atoms with Crippen molar-refractivity contribution in [1.29, 1.82) is 0 Å². The van der Waals surface area contributed by atoms with Crippen molar-refractivity contribution in [3.05, 3.63) is 76.5 Å². The van der Waals surface area contributed by atoms with Crippen LogP contribution in [0.3, 0.4) is 0 Å². The lowest BCUT2D eigenvalue weighted by Gasteiger charge is -2.10. The molecule has 25 heavy (non-hydrogen) atoms.